The van der Waals surface area contributed by atoms with Gasteiger partial charge in [-0.25, -0.2) is 0 Å². The molecule has 21 heavy (non-hydrogen) atoms. The predicted octanol–water partition coefficient (Wildman–Crippen LogP) is 3.29. The number of aromatic nitrogens is 1. The molecule has 0 saturated carbocycles. The van der Waals surface area contributed by atoms with Gasteiger partial charge in [-0.05, 0) is 38.1 Å². The summed E-state index contributed by atoms with van der Waals surface area (Å²) in [5, 5.41) is 2.10. The summed E-state index contributed by atoms with van der Waals surface area (Å²) in [5.74, 6) is 0.468. The van der Waals surface area contributed by atoms with Gasteiger partial charge in [0, 0.05) is 41.3 Å². The van der Waals surface area contributed by atoms with Gasteiger partial charge in [-0.15, -0.1) is 0 Å². The molecule has 2 unspecified atom stereocenters. The normalized spacial score (nSPS) is 28.9. The van der Waals surface area contributed by atoms with Crippen LogP contribution in [0.5, 0.6) is 0 Å². The zero-order valence-corrected chi connectivity index (χ0v) is 12.3. The Hall–Kier alpha value is -1.74. The number of ketones is 1. The number of pyridine rings is 1. The van der Waals surface area contributed by atoms with Crippen molar-refractivity contribution in [3.05, 3.63) is 42.2 Å². The van der Waals surface area contributed by atoms with Gasteiger partial charge in [0.25, 0.3) is 0 Å². The second-order valence-corrected chi connectivity index (χ2v) is 6.49. The van der Waals surface area contributed by atoms with Crippen LogP contribution in [-0.4, -0.2) is 34.8 Å². The van der Waals surface area contributed by atoms with Crippen LogP contribution in [0.15, 0.2) is 36.7 Å². The lowest BCUT2D eigenvalue weighted by atomic mass is 9.84. The van der Waals surface area contributed by atoms with E-state index in [1.165, 1.54) is 12.8 Å². The van der Waals surface area contributed by atoms with Gasteiger partial charge >= 0.3 is 0 Å². The van der Waals surface area contributed by atoms with Gasteiger partial charge in [-0.3, -0.25) is 9.78 Å². The number of hydrogen-bond acceptors (Lipinski definition) is 3. The van der Waals surface area contributed by atoms with Gasteiger partial charge < -0.3 is 4.90 Å². The average molecular weight is 280 g/mol. The molecule has 0 N–H and O–H groups in total. The number of fused-ring (bicyclic) bond motifs is 3. The van der Waals surface area contributed by atoms with E-state index in [-0.39, 0.29) is 5.92 Å². The summed E-state index contributed by atoms with van der Waals surface area (Å²) in [4.78, 5) is 19.7. The monoisotopic (exact) mass is 280 g/mol. The van der Waals surface area contributed by atoms with Gasteiger partial charge in [0.15, 0.2) is 5.78 Å². The molecule has 2 atom stereocenters. The number of piperidine rings is 1. The lowest BCUT2D eigenvalue weighted by Gasteiger charge is -2.35. The van der Waals surface area contributed by atoms with E-state index in [4.69, 9.17) is 0 Å². The molecule has 1 aromatic carbocycles. The fourth-order valence-corrected chi connectivity index (χ4v) is 4.16. The standard InChI is InChI=1S/C18H20N2O/c1-20-14-6-7-15(20)9-13(8-14)18(21)17-11-19-10-12-4-2-3-5-16(12)17/h2-5,10-11,13-15H,6-9H2,1H3. The summed E-state index contributed by atoms with van der Waals surface area (Å²) in [6.07, 6.45) is 8.11. The molecule has 0 radical (unpaired) electrons. The van der Waals surface area contributed by atoms with E-state index >= 15 is 0 Å². The lowest BCUT2D eigenvalue weighted by molar-refractivity contribution is 0.0768. The highest BCUT2D eigenvalue weighted by atomic mass is 16.1. The van der Waals surface area contributed by atoms with Gasteiger partial charge in [-0.2, -0.15) is 0 Å². The highest BCUT2D eigenvalue weighted by Gasteiger charge is 2.41. The number of carbonyl (C=O) groups excluding carboxylic acids is 1. The zero-order valence-electron chi connectivity index (χ0n) is 12.3. The molecular formula is C18H20N2O. The van der Waals surface area contributed by atoms with Gasteiger partial charge in [0.1, 0.15) is 0 Å². The highest BCUT2D eigenvalue weighted by Crippen LogP contribution is 2.39. The number of hydrogen-bond donors (Lipinski definition) is 0. The second-order valence-electron chi connectivity index (χ2n) is 6.49. The Kier molecular flexibility index (Phi) is 3.03. The molecule has 108 valence electrons. The number of benzene rings is 1. The van der Waals surface area contributed by atoms with Gasteiger partial charge in [-0.1, -0.05) is 24.3 Å². The van der Waals surface area contributed by atoms with Crippen molar-refractivity contribution in [2.24, 2.45) is 5.92 Å². The smallest absolute Gasteiger partial charge is 0.168 e. The predicted molar refractivity (Wildman–Crippen MR) is 83.4 cm³/mol. The van der Waals surface area contributed by atoms with Crippen molar-refractivity contribution in [3.63, 3.8) is 0 Å². The molecule has 2 saturated heterocycles. The average Bonchev–Trinajstić information content (AvgIpc) is 2.75. The molecular weight excluding hydrogens is 260 g/mol. The van der Waals surface area contributed by atoms with Crippen molar-refractivity contribution in [1.82, 2.24) is 9.88 Å². The maximum atomic E-state index is 13.0. The maximum Gasteiger partial charge on any atom is 0.168 e. The SMILES string of the molecule is CN1C2CCC1CC(C(=O)c1cncc3ccccc13)C2. The minimum absolute atomic E-state index is 0.173. The molecule has 3 nitrogen and oxygen atoms in total. The van der Waals surface area contributed by atoms with Crippen LogP contribution in [0, 0.1) is 5.92 Å². The maximum absolute atomic E-state index is 13.0. The Bertz CT molecular complexity index is 677. The first-order valence-corrected chi connectivity index (χ1v) is 7.83. The quantitative estimate of drug-likeness (QED) is 0.791. The Labute approximate surface area is 125 Å². The van der Waals surface area contributed by atoms with Crippen molar-refractivity contribution >= 4 is 16.6 Å². The van der Waals surface area contributed by atoms with E-state index in [0.29, 0.717) is 17.9 Å². The number of Topliss-reactive ketones (excluding diaryl/α,β-unsaturated/α-hetero) is 1. The second kappa shape index (κ2) is 4.92. The molecule has 0 spiro atoms. The summed E-state index contributed by atoms with van der Waals surface area (Å²) in [7, 11) is 2.21. The third kappa shape index (κ3) is 2.07. The summed E-state index contributed by atoms with van der Waals surface area (Å²) in [6, 6.07) is 9.25. The van der Waals surface area contributed by atoms with Crippen LogP contribution in [0.25, 0.3) is 10.8 Å². The minimum Gasteiger partial charge on any atom is -0.300 e. The zero-order chi connectivity index (χ0) is 14.4. The first kappa shape index (κ1) is 13.0. The summed E-state index contributed by atoms with van der Waals surface area (Å²) < 4.78 is 0. The molecule has 4 rings (SSSR count). The first-order valence-electron chi connectivity index (χ1n) is 7.83. The molecule has 2 aliphatic rings. The molecule has 0 amide bonds. The van der Waals surface area contributed by atoms with Crippen LogP contribution < -0.4 is 0 Å². The molecule has 2 bridgehead atoms. The molecule has 2 aliphatic heterocycles. The highest BCUT2D eigenvalue weighted by molar-refractivity contribution is 6.08. The van der Waals surface area contributed by atoms with Crippen LogP contribution in [0.4, 0.5) is 0 Å². The van der Waals surface area contributed by atoms with E-state index in [1.807, 2.05) is 30.5 Å². The topological polar surface area (TPSA) is 33.2 Å². The van der Waals surface area contributed by atoms with E-state index in [2.05, 4.69) is 16.9 Å². The number of rotatable bonds is 2. The fourth-order valence-electron chi connectivity index (χ4n) is 4.16. The van der Waals surface area contributed by atoms with E-state index in [9.17, 15) is 4.79 Å². The third-order valence-corrected chi connectivity index (χ3v) is 5.40. The first-order chi connectivity index (χ1) is 10.2. The minimum atomic E-state index is 0.173. The van der Waals surface area contributed by atoms with Crippen molar-refractivity contribution in [3.8, 4) is 0 Å². The molecule has 3 heteroatoms. The number of nitrogens with zero attached hydrogens (tertiary/aromatic N) is 2. The summed E-state index contributed by atoms with van der Waals surface area (Å²) >= 11 is 0. The van der Waals surface area contributed by atoms with Crippen LogP contribution >= 0.6 is 0 Å². The molecule has 3 heterocycles. The Morgan fingerprint density at radius 2 is 1.86 bits per heavy atom. The molecule has 0 aliphatic carbocycles. The summed E-state index contributed by atoms with van der Waals surface area (Å²) in [6.45, 7) is 0. The van der Waals surface area contributed by atoms with Crippen LogP contribution in [0.3, 0.4) is 0 Å². The van der Waals surface area contributed by atoms with Crippen molar-refractivity contribution in [2.75, 3.05) is 7.05 Å². The molecule has 2 fully saturated rings. The largest absolute Gasteiger partial charge is 0.300 e. The van der Waals surface area contributed by atoms with Crippen molar-refractivity contribution in [1.29, 1.82) is 0 Å². The Balaban J connectivity index is 1.68. The van der Waals surface area contributed by atoms with Gasteiger partial charge in [0.2, 0.25) is 0 Å². The molecule has 1 aromatic heterocycles. The van der Waals surface area contributed by atoms with E-state index in [0.717, 1.165) is 29.2 Å². The van der Waals surface area contributed by atoms with E-state index in [1.54, 1.807) is 6.20 Å². The van der Waals surface area contributed by atoms with E-state index < -0.39 is 0 Å². The lowest BCUT2D eigenvalue weighted by Crippen LogP contribution is -2.42. The summed E-state index contributed by atoms with van der Waals surface area (Å²) in [5.41, 5.74) is 0.807. The Morgan fingerprint density at radius 3 is 2.62 bits per heavy atom. The van der Waals surface area contributed by atoms with Gasteiger partial charge in [0.05, 0.1) is 0 Å². The fraction of sp³-hybridized carbons (Fsp3) is 0.444. The third-order valence-electron chi connectivity index (χ3n) is 5.40. The molecule has 2 aromatic rings. The van der Waals surface area contributed by atoms with Crippen molar-refractivity contribution in [2.45, 2.75) is 37.8 Å². The number of carbonyl (C=O) groups is 1. The van der Waals surface area contributed by atoms with Crippen molar-refractivity contribution < 1.29 is 4.79 Å². The van der Waals surface area contributed by atoms with Crippen LogP contribution in [0.1, 0.15) is 36.0 Å². The van der Waals surface area contributed by atoms with Crippen LogP contribution in [-0.2, 0) is 0 Å². The van der Waals surface area contributed by atoms with Crippen LogP contribution in [0.2, 0.25) is 0 Å². The Morgan fingerprint density at radius 1 is 1.14 bits per heavy atom.